The zero-order valence-electron chi connectivity index (χ0n) is 10.5. The Bertz CT molecular complexity index is 341. The van der Waals surface area contributed by atoms with Crippen LogP contribution in [0.2, 0.25) is 0 Å². The Morgan fingerprint density at radius 2 is 2.00 bits per heavy atom. The van der Waals surface area contributed by atoms with Gasteiger partial charge in [-0.15, -0.1) is 11.5 Å². The van der Waals surface area contributed by atoms with Gasteiger partial charge in [0.15, 0.2) is 0 Å². The van der Waals surface area contributed by atoms with E-state index in [1.807, 2.05) is 0 Å². The third kappa shape index (κ3) is 6.38. The first kappa shape index (κ1) is 14.1. The first-order valence-electron chi connectivity index (χ1n) is 6.34. The van der Waals surface area contributed by atoms with Crippen LogP contribution in [0.25, 0.3) is 0 Å². The summed E-state index contributed by atoms with van der Waals surface area (Å²) in [7, 11) is 0. The Labute approximate surface area is 108 Å². The molecule has 0 spiro atoms. The van der Waals surface area contributed by atoms with Crippen LogP contribution in [-0.2, 0) is 6.42 Å². The molecule has 0 bridgehead atoms. The number of hydrogen-bond acceptors (Lipinski definition) is 3. The van der Waals surface area contributed by atoms with Crippen LogP contribution in [0.15, 0.2) is 5.16 Å². The third-order valence-electron chi connectivity index (χ3n) is 2.56. The number of nitrogens with one attached hydrogen (secondary N) is 1. The Morgan fingerprint density at radius 3 is 2.76 bits per heavy atom. The van der Waals surface area contributed by atoms with Crippen molar-refractivity contribution < 1.29 is 0 Å². The Kier molecular flexibility index (Phi) is 7.57. The highest BCUT2D eigenvalue weighted by molar-refractivity contribution is 7.99. The standard InChI is InChI=1S/C13H21N3S/c1-3-5-6-7-8-9-10-12-14-13(16-15-12)17-11-4-2/h2H,3,5-11H2,1H3,(H,14,15,16). The molecular formula is C13H21N3S. The second-order valence-electron chi connectivity index (χ2n) is 4.08. The maximum Gasteiger partial charge on any atom is 0.209 e. The van der Waals surface area contributed by atoms with Crippen molar-refractivity contribution >= 4 is 11.8 Å². The van der Waals surface area contributed by atoms with Crippen LogP contribution in [0.3, 0.4) is 0 Å². The van der Waals surface area contributed by atoms with Gasteiger partial charge in [-0.2, -0.15) is 0 Å². The van der Waals surface area contributed by atoms with E-state index in [1.54, 1.807) is 0 Å². The molecule has 0 radical (unpaired) electrons. The number of nitrogens with zero attached hydrogens (tertiary/aromatic N) is 2. The number of H-pyrrole nitrogens is 1. The minimum Gasteiger partial charge on any atom is -0.262 e. The molecule has 0 aliphatic heterocycles. The van der Waals surface area contributed by atoms with Gasteiger partial charge in [0, 0.05) is 6.42 Å². The molecule has 0 amide bonds. The fraction of sp³-hybridized carbons (Fsp3) is 0.692. The number of terminal acetylenes is 1. The van der Waals surface area contributed by atoms with Crippen LogP contribution in [0, 0.1) is 12.3 Å². The van der Waals surface area contributed by atoms with Gasteiger partial charge in [-0.25, -0.2) is 4.98 Å². The van der Waals surface area contributed by atoms with Gasteiger partial charge < -0.3 is 0 Å². The summed E-state index contributed by atoms with van der Waals surface area (Å²) in [5.41, 5.74) is 0. The van der Waals surface area contributed by atoms with Crippen LogP contribution in [0.1, 0.15) is 51.3 Å². The van der Waals surface area contributed by atoms with Gasteiger partial charge in [0.2, 0.25) is 5.16 Å². The zero-order chi connectivity index (χ0) is 12.3. The molecule has 1 aromatic rings. The van der Waals surface area contributed by atoms with Crippen LogP contribution in [0.4, 0.5) is 0 Å². The summed E-state index contributed by atoms with van der Waals surface area (Å²) < 4.78 is 0. The van der Waals surface area contributed by atoms with E-state index in [9.17, 15) is 0 Å². The van der Waals surface area contributed by atoms with Crippen LogP contribution < -0.4 is 0 Å². The molecule has 1 aromatic heterocycles. The molecule has 0 atom stereocenters. The maximum absolute atomic E-state index is 5.18. The highest BCUT2D eigenvalue weighted by Crippen LogP contribution is 2.12. The van der Waals surface area contributed by atoms with Gasteiger partial charge >= 0.3 is 0 Å². The van der Waals surface area contributed by atoms with E-state index in [0.29, 0.717) is 5.75 Å². The van der Waals surface area contributed by atoms with Crippen molar-refractivity contribution in [1.82, 2.24) is 15.2 Å². The SMILES string of the molecule is C#CCSc1n[nH]c(CCCCCCCC)n1. The van der Waals surface area contributed by atoms with Crippen LogP contribution >= 0.6 is 11.8 Å². The Balaban J connectivity index is 2.10. The number of unbranched alkanes of at least 4 members (excludes halogenated alkanes) is 5. The summed E-state index contributed by atoms with van der Waals surface area (Å²) in [6.07, 6.45) is 14.0. The summed E-state index contributed by atoms with van der Waals surface area (Å²) in [5, 5.41) is 7.85. The van der Waals surface area contributed by atoms with Crippen LogP contribution in [0.5, 0.6) is 0 Å². The van der Waals surface area contributed by atoms with Gasteiger partial charge in [-0.1, -0.05) is 56.7 Å². The Hall–Kier alpha value is -0.950. The molecule has 0 saturated heterocycles. The van der Waals surface area contributed by atoms with Crippen molar-refractivity contribution in [3.8, 4) is 12.3 Å². The molecule has 94 valence electrons. The molecule has 0 fully saturated rings. The molecule has 1 heterocycles. The first-order valence-corrected chi connectivity index (χ1v) is 7.33. The summed E-state index contributed by atoms with van der Waals surface area (Å²) in [6, 6.07) is 0. The number of aryl methyl sites for hydroxylation is 1. The largest absolute Gasteiger partial charge is 0.262 e. The Morgan fingerprint density at radius 1 is 1.24 bits per heavy atom. The number of aromatic nitrogens is 3. The second-order valence-corrected chi connectivity index (χ2v) is 5.02. The minimum atomic E-state index is 0.633. The molecule has 1 N–H and O–H groups in total. The lowest BCUT2D eigenvalue weighted by atomic mass is 10.1. The van der Waals surface area contributed by atoms with Crippen molar-refractivity contribution in [3.63, 3.8) is 0 Å². The summed E-state index contributed by atoms with van der Waals surface area (Å²) in [5.74, 6) is 4.19. The molecule has 3 nitrogen and oxygen atoms in total. The molecular weight excluding hydrogens is 230 g/mol. The fourth-order valence-electron chi connectivity index (χ4n) is 1.63. The molecule has 0 saturated carbocycles. The van der Waals surface area contributed by atoms with E-state index in [4.69, 9.17) is 6.42 Å². The quantitative estimate of drug-likeness (QED) is 0.415. The smallest absolute Gasteiger partial charge is 0.209 e. The molecule has 0 aliphatic carbocycles. The summed E-state index contributed by atoms with van der Waals surface area (Å²) in [4.78, 5) is 4.38. The van der Waals surface area contributed by atoms with Crippen molar-refractivity contribution in [2.75, 3.05) is 5.75 Å². The van der Waals surface area contributed by atoms with Crippen molar-refractivity contribution in [1.29, 1.82) is 0 Å². The lowest BCUT2D eigenvalue weighted by Gasteiger charge is -1.98. The lowest BCUT2D eigenvalue weighted by molar-refractivity contribution is 0.601. The van der Waals surface area contributed by atoms with E-state index >= 15 is 0 Å². The zero-order valence-corrected chi connectivity index (χ0v) is 11.4. The summed E-state index contributed by atoms with van der Waals surface area (Å²) in [6.45, 7) is 2.24. The van der Waals surface area contributed by atoms with Crippen molar-refractivity contribution in [2.24, 2.45) is 0 Å². The fourth-order valence-corrected chi connectivity index (χ4v) is 2.13. The number of rotatable bonds is 9. The highest BCUT2D eigenvalue weighted by atomic mass is 32.2. The van der Waals surface area contributed by atoms with Gasteiger partial charge in [0.1, 0.15) is 5.82 Å². The van der Waals surface area contributed by atoms with Gasteiger partial charge in [-0.05, 0) is 6.42 Å². The van der Waals surface area contributed by atoms with Gasteiger partial charge in [0.25, 0.3) is 0 Å². The van der Waals surface area contributed by atoms with Gasteiger partial charge in [-0.3, -0.25) is 5.10 Å². The highest BCUT2D eigenvalue weighted by Gasteiger charge is 2.02. The molecule has 4 heteroatoms. The summed E-state index contributed by atoms with van der Waals surface area (Å²) >= 11 is 1.50. The minimum absolute atomic E-state index is 0.633. The average Bonchev–Trinajstić information content (AvgIpc) is 2.79. The molecule has 1 rings (SSSR count). The maximum atomic E-state index is 5.18. The lowest BCUT2D eigenvalue weighted by Crippen LogP contribution is -1.89. The first-order chi connectivity index (χ1) is 8.36. The van der Waals surface area contributed by atoms with E-state index in [0.717, 1.165) is 17.4 Å². The third-order valence-corrected chi connectivity index (χ3v) is 3.31. The monoisotopic (exact) mass is 251 g/mol. The normalized spacial score (nSPS) is 10.4. The number of hydrogen-bond donors (Lipinski definition) is 1. The number of thioether (sulfide) groups is 1. The molecule has 0 aromatic carbocycles. The predicted octanol–water partition coefficient (Wildman–Crippen LogP) is 3.43. The van der Waals surface area contributed by atoms with Crippen molar-refractivity contribution in [2.45, 2.75) is 57.0 Å². The average molecular weight is 251 g/mol. The van der Waals surface area contributed by atoms with E-state index in [2.05, 4.69) is 28.0 Å². The predicted molar refractivity (Wildman–Crippen MR) is 73.0 cm³/mol. The molecule has 0 unspecified atom stereocenters. The molecule has 0 aliphatic rings. The van der Waals surface area contributed by atoms with Gasteiger partial charge in [0.05, 0.1) is 5.75 Å². The topological polar surface area (TPSA) is 41.6 Å². The van der Waals surface area contributed by atoms with Crippen molar-refractivity contribution in [3.05, 3.63) is 5.82 Å². The van der Waals surface area contributed by atoms with E-state index in [-0.39, 0.29) is 0 Å². The second kappa shape index (κ2) is 9.12. The number of aromatic amines is 1. The van der Waals surface area contributed by atoms with E-state index < -0.39 is 0 Å². The molecule has 17 heavy (non-hydrogen) atoms. The van der Waals surface area contributed by atoms with E-state index in [1.165, 1.54) is 50.3 Å². The van der Waals surface area contributed by atoms with Crippen LogP contribution in [-0.4, -0.2) is 20.9 Å².